The predicted molar refractivity (Wildman–Crippen MR) is 136 cm³/mol. The molecule has 7 heteroatoms. The van der Waals surface area contributed by atoms with Crippen LogP contribution in [0.2, 0.25) is 0 Å². The van der Waals surface area contributed by atoms with E-state index in [1.165, 1.54) is 29.7 Å². The zero-order valence-electron chi connectivity index (χ0n) is 20.7. The van der Waals surface area contributed by atoms with Crippen LogP contribution in [-0.4, -0.2) is 30.4 Å². The van der Waals surface area contributed by atoms with Crippen LogP contribution in [0.4, 0.5) is 16.2 Å². The predicted octanol–water partition coefficient (Wildman–Crippen LogP) is 4.69. The second kappa shape index (κ2) is 8.79. The molecule has 4 amide bonds. The summed E-state index contributed by atoms with van der Waals surface area (Å²) in [5, 5.41) is 9.02. The average molecular weight is 475 g/mol. The summed E-state index contributed by atoms with van der Waals surface area (Å²) in [6, 6.07) is 14.9. The van der Waals surface area contributed by atoms with Gasteiger partial charge >= 0.3 is 6.03 Å². The van der Waals surface area contributed by atoms with Crippen molar-refractivity contribution in [3.63, 3.8) is 0 Å². The van der Waals surface area contributed by atoms with Crippen molar-refractivity contribution >= 4 is 29.2 Å². The fourth-order valence-corrected chi connectivity index (χ4v) is 6.27. The number of hydrogen-bond acceptors (Lipinski definition) is 4. The number of nitrogens with zero attached hydrogens (tertiary/aromatic N) is 1. The third-order valence-electron chi connectivity index (χ3n) is 9.05. The number of amides is 4. The van der Waals surface area contributed by atoms with Gasteiger partial charge in [0.25, 0.3) is 5.91 Å². The molecular formula is C28H34N4O3. The van der Waals surface area contributed by atoms with Crippen LogP contribution in [0.25, 0.3) is 0 Å². The van der Waals surface area contributed by atoms with Gasteiger partial charge in [0.1, 0.15) is 0 Å². The maximum absolute atomic E-state index is 12.7. The van der Waals surface area contributed by atoms with Crippen LogP contribution in [0.1, 0.15) is 62.4 Å². The van der Waals surface area contributed by atoms with Crippen molar-refractivity contribution in [2.24, 2.45) is 16.7 Å². The number of anilines is 2. The molecule has 3 aliphatic rings. The molecule has 2 aliphatic carbocycles. The van der Waals surface area contributed by atoms with Crippen LogP contribution in [0.15, 0.2) is 48.5 Å². The van der Waals surface area contributed by atoms with E-state index in [0.717, 1.165) is 12.5 Å². The minimum atomic E-state index is -0.425. The molecule has 0 unspecified atom stereocenters. The Morgan fingerprint density at radius 3 is 2.37 bits per heavy atom. The second-order valence-electron chi connectivity index (χ2n) is 11.0. The first kappa shape index (κ1) is 23.5. The van der Waals surface area contributed by atoms with Crippen LogP contribution in [0, 0.1) is 16.7 Å². The Morgan fingerprint density at radius 2 is 1.77 bits per heavy atom. The molecule has 1 aliphatic heterocycles. The third-order valence-corrected chi connectivity index (χ3v) is 9.05. The van der Waals surface area contributed by atoms with Gasteiger partial charge in [-0.25, -0.2) is 4.79 Å². The lowest BCUT2D eigenvalue weighted by molar-refractivity contribution is -0.120. The highest BCUT2D eigenvalue weighted by Crippen LogP contribution is 2.65. The van der Waals surface area contributed by atoms with Gasteiger partial charge in [0, 0.05) is 42.5 Å². The van der Waals surface area contributed by atoms with E-state index in [1.54, 1.807) is 24.3 Å². The van der Waals surface area contributed by atoms with Crippen LogP contribution in [-0.2, 0) is 11.3 Å². The van der Waals surface area contributed by atoms with E-state index in [4.69, 9.17) is 0 Å². The van der Waals surface area contributed by atoms with E-state index < -0.39 is 6.03 Å². The van der Waals surface area contributed by atoms with Gasteiger partial charge in [-0.3, -0.25) is 19.8 Å². The van der Waals surface area contributed by atoms with Gasteiger partial charge in [0.05, 0.1) is 0 Å². The van der Waals surface area contributed by atoms with Crippen molar-refractivity contribution in [2.75, 3.05) is 16.8 Å². The van der Waals surface area contributed by atoms with E-state index in [0.29, 0.717) is 40.4 Å². The Labute approximate surface area is 206 Å². The molecule has 1 heterocycles. The summed E-state index contributed by atoms with van der Waals surface area (Å²) in [4.78, 5) is 37.6. The fraction of sp³-hybridized carbons (Fsp3) is 0.464. The molecule has 3 fully saturated rings. The number of carbonyl (C=O) groups excluding carboxylic acids is 3. The zero-order valence-corrected chi connectivity index (χ0v) is 20.7. The van der Waals surface area contributed by atoms with Gasteiger partial charge in [-0.2, -0.15) is 0 Å². The van der Waals surface area contributed by atoms with Crippen LogP contribution in [0.3, 0.4) is 0 Å². The smallest absolute Gasteiger partial charge is 0.322 e. The van der Waals surface area contributed by atoms with Crippen LogP contribution < -0.4 is 20.9 Å². The summed E-state index contributed by atoms with van der Waals surface area (Å²) < 4.78 is 0. The van der Waals surface area contributed by atoms with Gasteiger partial charge in [-0.15, -0.1) is 0 Å². The Kier molecular flexibility index (Phi) is 5.91. The molecule has 0 radical (unpaired) electrons. The molecule has 2 aromatic carbocycles. The molecule has 5 rings (SSSR count). The molecule has 3 N–H and O–H groups in total. The highest BCUT2D eigenvalue weighted by molar-refractivity contribution is 6.06. The Hall–Kier alpha value is -3.19. The molecule has 3 atom stereocenters. The van der Waals surface area contributed by atoms with E-state index in [-0.39, 0.29) is 18.2 Å². The van der Waals surface area contributed by atoms with Gasteiger partial charge in [-0.05, 0) is 78.0 Å². The van der Waals surface area contributed by atoms with E-state index in [9.17, 15) is 14.4 Å². The Balaban J connectivity index is 1.15. The molecule has 35 heavy (non-hydrogen) atoms. The number of fused-ring (bicyclic) bond motifs is 2. The summed E-state index contributed by atoms with van der Waals surface area (Å²) in [7, 11) is 0. The summed E-state index contributed by atoms with van der Waals surface area (Å²) >= 11 is 0. The maximum Gasteiger partial charge on any atom is 0.328 e. The van der Waals surface area contributed by atoms with Crippen molar-refractivity contribution in [2.45, 2.75) is 59.0 Å². The van der Waals surface area contributed by atoms with Gasteiger partial charge in [-0.1, -0.05) is 32.9 Å². The number of urea groups is 1. The molecule has 1 saturated heterocycles. The third kappa shape index (κ3) is 4.22. The molecule has 184 valence electrons. The minimum Gasteiger partial charge on any atom is -0.322 e. The molecular weight excluding hydrogens is 440 g/mol. The number of benzene rings is 2. The number of carbonyl (C=O) groups is 3. The molecule has 2 saturated carbocycles. The zero-order chi connectivity index (χ0) is 24.8. The lowest BCUT2D eigenvalue weighted by atomic mass is 9.69. The van der Waals surface area contributed by atoms with E-state index >= 15 is 0 Å². The SMILES string of the molecule is CC1(C)[C@@H]2CC[C@@]1(C)[C@@H](NCc1ccc(C(=O)Nc3ccc(N4CCC(=O)NC4=O)cc3)cc1)C2. The topological polar surface area (TPSA) is 90.5 Å². The summed E-state index contributed by atoms with van der Waals surface area (Å²) in [5.74, 6) is 0.369. The van der Waals surface area contributed by atoms with Crippen molar-refractivity contribution in [3.8, 4) is 0 Å². The quantitative estimate of drug-likeness (QED) is 0.567. The van der Waals surface area contributed by atoms with Crippen LogP contribution >= 0.6 is 0 Å². The average Bonchev–Trinajstić information content (AvgIpc) is 3.17. The summed E-state index contributed by atoms with van der Waals surface area (Å²) in [6.45, 7) is 8.46. The van der Waals surface area contributed by atoms with E-state index in [2.05, 4.69) is 36.7 Å². The second-order valence-corrected chi connectivity index (χ2v) is 11.0. The van der Waals surface area contributed by atoms with E-state index in [1.807, 2.05) is 24.3 Å². The summed E-state index contributed by atoms with van der Waals surface area (Å²) in [5.41, 5.74) is 3.84. The fourth-order valence-electron chi connectivity index (χ4n) is 6.27. The number of nitrogens with one attached hydrogen (secondary N) is 3. The van der Waals surface area contributed by atoms with Gasteiger partial charge in [0.2, 0.25) is 5.91 Å². The molecule has 2 aromatic rings. The highest BCUT2D eigenvalue weighted by Gasteiger charge is 2.60. The molecule has 0 aromatic heterocycles. The first-order valence-corrected chi connectivity index (χ1v) is 12.5. The van der Waals surface area contributed by atoms with Crippen molar-refractivity contribution in [3.05, 3.63) is 59.7 Å². The van der Waals surface area contributed by atoms with Crippen molar-refractivity contribution < 1.29 is 14.4 Å². The van der Waals surface area contributed by atoms with Crippen molar-refractivity contribution in [1.82, 2.24) is 10.6 Å². The number of imide groups is 1. The Bertz CT molecular complexity index is 1140. The number of hydrogen-bond donors (Lipinski definition) is 3. The first-order valence-electron chi connectivity index (χ1n) is 12.5. The molecule has 7 nitrogen and oxygen atoms in total. The maximum atomic E-state index is 12.7. The standard InChI is InChI=1S/C28H34N4O3/c1-27(2)20-12-14-28(27,3)23(16-20)29-17-18-4-6-19(7-5-18)25(34)30-21-8-10-22(11-9-21)32-15-13-24(33)31-26(32)35/h4-11,20,23,29H,12-17H2,1-3H3,(H,30,34)(H,31,33,35)/t20-,23+,28+/m1/s1. The number of rotatable bonds is 6. The monoisotopic (exact) mass is 474 g/mol. The molecule has 2 bridgehead atoms. The van der Waals surface area contributed by atoms with Gasteiger partial charge in [0.15, 0.2) is 0 Å². The molecule has 0 spiro atoms. The summed E-state index contributed by atoms with van der Waals surface area (Å²) in [6.07, 6.45) is 4.17. The lowest BCUT2D eigenvalue weighted by Crippen LogP contribution is -2.49. The van der Waals surface area contributed by atoms with Gasteiger partial charge < -0.3 is 10.6 Å². The largest absolute Gasteiger partial charge is 0.328 e. The van der Waals surface area contributed by atoms with Crippen molar-refractivity contribution in [1.29, 1.82) is 0 Å². The minimum absolute atomic E-state index is 0.180. The van der Waals surface area contributed by atoms with Crippen LogP contribution in [0.5, 0.6) is 0 Å². The Morgan fingerprint density at radius 1 is 1.06 bits per heavy atom. The highest BCUT2D eigenvalue weighted by atomic mass is 16.2. The normalized spacial score (nSPS) is 27.1. The lowest BCUT2D eigenvalue weighted by Gasteiger charge is -2.39. The first-order chi connectivity index (χ1) is 16.7.